The van der Waals surface area contributed by atoms with Gasteiger partial charge in [0.25, 0.3) is 0 Å². The van der Waals surface area contributed by atoms with Crippen molar-refractivity contribution in [3.05, 3.63) is 65.1 Å². The van der Waals surface area contributed by atoms with Crippen molar-refractivity contribution in [2.75, 3.05) is 0 Å². The topological polar surface area (TPSA) is 55.1 Å². The van der Waals surface area contributed by atoms with Gasteiger partial charge in [-0.25, -0.2) is 4.79 Å². The van der Waals surface area contributed by atoms with Crippen LogP contribution in [0.15, 0.2) is 42.6 Å². The van der Waals surface area contributed by atoms with Gasteiger partial charge in [-0.3, -0.25) is 4.98 Å². The Morgan fingerprint density at radius 3 is 2.65 bits per heavy atom. The maximum Gasteiger partial charge on any atom is 0.352 e. The van der Waals surface area contributed by atoms with Gasteiger partial charge < -0.3 is 9.67 Å². The Kier molecular flexibility index (Phi) is 3.90. The first kappa shape index (κ1) is 15.3. The SMILES string of the molecule is Cc1ccc(Cn2c(C(=O)O)cc3cccc(C(C)C)c32)nc1. The molecule has 0 amide bonds. The molecule has 0 fully saturated rings. The monoisotopic (exact) mass is 308 g/mol. The first-order chi connectivity index (χ1) is 11.0. The minimum Gasteiger partial charge on any atom is -0.477 e. The van der Waals surface area contributed by atoms with Gasteiger partial charge in [-0.15, -0.1) is 0 Å². The number of para-hydroxylation sites is 1. The van der Waals surface area contributed by atoms with Gasteiger partial charge in [0.1, 0.15) is 5.69 Å². The van der Waals surface area contributed by atoms with E-state index >= 15 is 0 Å². The summed E-state index contributed by atoms with van der Waals surface area (Å²) in [6, 6.07) is 11.7. The van der Waals surface area contributed by atoms with E-state index in [1.807, 2.05) is 42.0 Å². The minimum atomic E-state index is -0.914. The molecule has 2 aromatic heterocycles. The van der Waals surface area contributed by atoms with E-state index in [1.165, 1.54) is 0 Å². The average molecular weight is 308 g/mol. The van der Waals surface area contributed by atoms with Crippen LogP contribution in [0.25, 0.3) is 10.9 Å². The van der Waals surface area contributed by atoms with Crippen molar-refractivity contribution in [3.8, 4) is 0 Å². The number of carbonyl (C=O) groups is 1. The average Bonchev–Trinajstić information content (AvgIpc) is 2.88. The van der Waals surface area contributed by atoms with E-state index < -0.39 is 5.97 Å². The lowest BCUT2D eigenvalue weighted by Crippen LogP contribution is -2.11. The molecule has 2 heterocycles. The number of aromatic carboxylic acids is 1. The smallest absolute Gasteiger partial charge is 0.352 e. The Morgan fingerprint density at radius 2 is 2.04 bits per heavy atom. The van der Waals surface area contributed by atoms with E-state index in [-0.39, 0.29) is 0 Å². The number of carboxylic acid groups (broad SMARTS) is 1. The molecule has 1 N–H and O–H groups in total. The van der Waals surface area contributed by atoms with Crippen LogP contribution in [-0.2, 0) is 6.54 Å². The highest BCUT2D eigenvalue weighted by Gasteiger charge is 2.18. The van der Waals surface area contributed by atoms with Crippen LogP contribution in [0.2, 0.25) is 0 Å². The number of rotatable bonds is 4. The zero-order valence-corrected chi connectivity index (χ0v) is 13.6. The zero-order valence-electron chi connectivity index (χ0n) is 13.6. The summed E-state index contributed by atoms with van der Waals surface area (Å²) in [7, 11) is 0. The van der Waals surface area contributed by atoms with Crippen LogP contribution in [0.1, 0.15) is 47.1 Å². The number of carboxylic acids is 1. The Labute approximate surface area is 135 Å². The number of aromatic nitrogens is 2. The molecule has 1 aromatic carbocycles. The van der Waals surface area contributed by atoms with Crippen molar-refractivity contribution in [2.24, 2.45) is 0 Å². The second kappa shape index (κ2) is 5.88. The molecule has 0 atom stereocenters. The van der Waals surface area contributed by atoms with Crippen molar-refractivity contribution in [1.29, 1.82) is 0 Å². The van der Waals surface area contributed by atoms with Crippen molar-refractivity contribution in [3.63, 3.8) is 0 Å². The summed E-state index contributed by atoms with van der Waals surface area (Å²) in [6.45, 7) is 6.68. The molecular formula is C19H20N2O2. The molecule has 0 unspecified atom stereocenters. The Hall–Kier alpha value is -2.62. The summed E-state index contributed by atoms with van der Waals surface area (Å²) < 4.78 is 1.87. The molecule has 4 heteroatoms. The summed E-state index contributed by atoms with van der Waals surface area (Å²) in [5.74, 6) is -0.594. The highest BCUT2D eigenvalue weighted by atomic mass is 16.4. The Morgan fingerprint density at radius 1 is 1.26 bits per heavy atom. The highest BCUT2D eigenvalue weighted by Crippen LogP contribution is 2.29. The van der Waals surface area contributed by atoms with E-state index in [4.69, 9.17) is 0 Å². The zero-order chi connectivity index (χ0) is 16.6. The summed E-state index contributed by atoms with van der Waals surface area (Å²) in [4.78, 5) is 16.1. The molecule has 23 heavy (non-hydrogen) atoms. The van der Waals surface area contributed by atoms with Crippen LogP contribution < -0.4 is 0 Å². The lowest BCUT2D eigenvalue weighted by atomic mass is 10.0. The third-order valence-electron chi connectivity index (χ3n) is 4.09. The van der Waals surface area contributed by atoms with E-state index in [0.29, 0.717) is 18.2 Å². The van der Waals surface area contributed by atoms with E-state index in [1.54, 1.807) is 6.07 Å². The molecule has 0 saturated carbocycles. The number of fused-ring (bicyclic) bond motifs is 1. The molecule has 0 saturated heterocycles. The predicted octanol–water partition coefficient (Wildman–Crippen LogP) is 4.21. The molecule has 0 radical (unpaired) electrons. The van der Waals surface area contributed by atoms with Gasteiger partial charge in [-0.1, -0.05) is 38.1 Å². The Bertz CT molecular complexity index is 861. The number of pyridine rings is 1. The number of nitrogens with zero attached hydrogens (tertiary/aromatic N) is 2. The van der Waals surface area contributed by atoms with E-state index in [0.717, 1.165) is 27.7 Å². The molecule has 0 aliphatic heterocycles. The fourth-order valence-corrected chi connectivity index (χ4v) is 2.92. The van der Waals surface area contributed by atoms with Crippen molar-refractivity contribution in [1.82, 2.24) is 9.55 Å². The standard InChI is InChI=1S/C19H20N2O2/c1-12(2)16-6-4-5-14-9-17(19(22)23)21(18(14)16)11-15-8-7-13(3)10-20-15/h4-10,12H,11H2,1-3H3,(H,22,23). The predicted molar refractivity (Wildman–Crippen MR) is 91.1 cm³/mol. The first-order valence-electron chi connectivity index (χ1n) is 7.74. The molecule has 0 spiro atoms. The molecular weight excluding hydrogens is 288 g/mol. The number of benzene rings is 1. The summed E-state index contributed by atoms with van der Waals surface area (Å²) in [5, 5.41) is 10.5. The van der Waals surface area contributed by atoms with Crippen LogP contribution in [-0.4, -0.2) is 20.6 Å². The van der Waals surface area contributed by atoms with Gasteiger partial charge in [-0.05, 0) is 36.1 Å². The van der Waals surface area contributed by atoms with Gasteiger partial charge in [0.15, 0.2) is 0 Å². The summed E-state index contributed by atoms with van der Waals surface area (Å²) in [5.41, 5.74) is 4.39. The van der Waals surface area contributed by atoms with Crippen molar-refractivity contribution in [2.45, 2.75) is 33.2 Å². The van der Waals surface area contributed by atoms with E-state index in [9.17, 15) is 9.90 Å². The highest BCUT2D eigenvalue weighted by molar-refractivity contribution is 5.96. The number of hydrogen-bond donors (Lipinski definition) is 1. The van der Waals surface area contributed by atoms with Gasteiger partial charge in [-0.2, -0.15) is 0 Å². The summed E-state index contributed by atoms with van der Waals surface area (Å²) in [6.07, 6.45) is 1.81. The quantitative estimate of drug-likeness (QED) is 0.785. The van der Waals surface area contributed by atoms with Gasteiger partial charge in [0.05, 0.1) is 17.8 Å². The Balaban J connectivity index is 2.21. The van der Waals surface area contributed by atoms with Crippen LogP contribution in [0.3, 0.4) is 0 Å². The molecule has 0 bridgehead atoms. The molecule has 0 aliphatic carbocycles. The lowest BCUT2D eigenvalue weighted by Gasteiger charge is -2.13. The van der Waals surface area contributed by atoms with Gasteiger partial charge in [0.2, 0.25) is 0 Å². The van der Waals surface area contributed by atoms with Crippen LogP contribution in [0.5, 0.6) is 0 Å². The second-order valence-electron chi connectivity index (χ2n) is 6.19. The van der Waals surface area contributed by atoms with Crippen LogP contribution in [0.4, 0.5) is 0 Å². The third kappa shape index (κ3) is 2.84. The largest absolute Gasteiger partial charge is 0.477 e. The molecule has 0 aliphatic rings. The van der Waals surface area contributed by atoms with Gasteiger partial charge >= 0.3 is 5.97 Å². The fourth-order valence-electron chi connectivity index (χ4n) is 2.92. The van der Waals surface area contributed by atoms with Crippen molar-refractivity contribution >= 4 is 16.9 Å². The first-order valence-corrected chi connectivity index (χ1v) is 7.74. The van der Waals surface area contributed by atoms with Crippen LogP contribution in [0, 0.1) is 6.92 Å². The maximum absolute atomic E-state index is 11.7. The van der Waals surface area contributed by atoms with Gasteiger partial charge in [0, 0.05) is 11.6 Å². The molecule has 4 nitrogen and oxygen atoms in total. The maximum atomic E-state index is 11.7. The third-order valence-corrected chi connectivity index (χ3v) is 4.09. The number of aryl methyl sites for hydroxylation is 1. The van der Waals surface area contributed by atoms with Crippen molar-refractivity contribution < 1.29 is 9.90 Å². The minimum absolute atomic E-state index is 0.301. The lowest BCUT2D eigenvalue weighted by molar-refractivity contribution is 0.0686. The second-order valence-corrected chi connectivity index (χ2v) is 6.19. The molecule has 118 valence electrons. The number of hydrogen-bond acceptors (Lipinski definition) is 2. The van der Waals surface area contributed by atoms with Crippen LogP contribution >= 0.6 is 0 Å². The van der Waals surface area contributed by atoms with E-state index in [2.05, 4.69) is 24.9 Å². The molecule has 3 rings (SSSR count). The molecule has 3 aromatic rings. The summed E-state index contributed by atoms with van der Waals surface area (Å²) >= 11 is 0. The fraction of sp³-hybridized carbons (Fsp3) is 0.263. The normalized spacial score (nSPS) is 11.3.